The number of nitrogens with zero attached hydrogens (tertiary/aromatic N) is 1. The molecule has 0 amide bonds. The van der Waals surface area contributed by atoms with Gasteiger partial charge < -0.3 is 5.11 Å². The van der Waals surface area contributed by atoms with Gasteiger partial charge >= 0.3 is 10.3 Å². The summed E-state index contributed by atoms with van der Waals surface area (Å²) >= 11 is 0. The second-order valence-corrected chi connectivity index (χ2v) is 5.63. The first kappa shape index (κ1) is 14.9. The Kier molecular flexibility index (Phi) is 5.13. The molecule has 0 saturated heterocycles. The summed E-state index contributed by atoms with van der Waals surface area (Å²) in [4.78, 5) is 0. The molecule has 102 valence electrons. The molecular formula is C12H19NO4S. The van der Waals surface area contributed by atoms with Gasteiger partial charge in [0.15, 0.2) is 0 Å². The van der Waals surface area contributed by atoms with Gasteiger partial charge in [0.1, 0.15) is 0 Å². The molecule has 0 heterocycles. The fraction of sp³-hybridized carbons (Fsp3) is 0.500. The maximum Gasteiger partial charge on any atom is 0.362 e. The largest absolute Gasteiger partial charge is 0.391 e. The third-order valence-corrected chi connectivity index (χ3v) is 3.75. The lowest BCUT2D eigenvalue weighted by Gasteiger charge is -2.22. The summed E-state index contributed by atoms with van der Waals surface area (Å²) in [6, 6.07) is 7.16. The van der Waals surface area contributed by atoms with E-state index in [-0.39, 0.29) is 13.2 Å². The van der Waals surface area contributed by atoms with Gasteiger partial charge in [-0.2, -0.15) is 8.42 Å². The Labute approximate surface area is 108 Å². The SMILES string of the molecule is CCN(c1cccc(C)c1)S(=O)(=O)OCC(C)O. The summed E-state index contributed by atoms with van der Waals surface area (Å²) in [7, 11) is -3.86. The molecule has 0 spiro atoms. The van der Waals surface area contributed by atoms with Gasteiger partial charge in [-0.05, 0) is 38.5 Å². The highest BCUT2D eigenvalue weighted by atomic mass is 32.2. The molecular weight excluding hydrogens is 254 g/mol. The van der Waals surface area contributed by atoms with Gasteiger partial charge in [0.2, 0.25) is 0 Å². The van der Waals surface area contributed by atoms with Crippen molar-refractivity contribution in [2.45, 2.75) is 26.9 Å². The normalized spacial score (nSPS) is 13.3. The molecule has 1 atom stereocenters. The van der Waals surface area contributed by atoms with Crippen LogP contribution in [0.2, 0.25) is 0 Å². The van der Waals surface area contributed by atoms with Gasteiger partial charge in [0.25, 0.3) is 0 Å². The molecule has 5 nitrogen and oxygen atoms in total. The number of aryl methyl sites for hydroxylation is 1. The van der Waals surface area contributed by atoms with Crippen molar-refractivity contribution in [1.29, 1.82) is 0 Å². The highest BCUT2D eigenvalue weighted by molar-refractivity contribution is 7.88. The average Bonchev–Trinajstić information content (AvgIpc) is 2.27. The van der Waals surface area contributed by atoms with Crippen molar-refractivity contribution < 1.29 is 17.7 Å². The number of anilines is 1. The molecule has 1 aromatic carbocycles. The third-order valence-electron chi connectivity index (χ3n) is 2.30. The Morgan fingerprint density at radius 1 is 1.44 bits per heavy atom. The first-order chi connectivity index (χ1) is 8.36. The highest BCUT2D eigenvalue weighted by Crippen LogP contribution is 2.20. The Morgan fingerprint density at radius 3 is 2.61 bits per heavy atom. The molecule has 0 saturated carbocycles. The third kappa shape index (κ3) is 3.97. The van der Waals surface area contributed by atoms with Crippen LogP contribution in [0.4, 0.5) is 5.69 Å². The summed E-state index contributed by atoms with van der Waals surface area (Å²) in [5.41, 5.74) is 1.53. The Bertz CT molecular complexity index is 485. The van der Waals surface area contributed by atoms with Gasteiger partial charge in [0.05, 0.1) is 18.4 Å². The van der Waals surface area contributed by atoms with Gasteiger partial charge in [-0.1, -0.05) is 12.1 Å². The number of aliphatic hydroxyl groups is 1. The van der Waals surface area contributed by atoms with Crippen molar-refractivity contribution in [3.05, 3.63) is 29.8 Å². The zero-order valence-corrected chi connectivity index (χ0v) is 11.6. The monoisotopic (exact) mass is 273 g/mol. The summed E-state index contributed by atoms with van der Waals surface area (Å²) < 4.78 is 29.9. The van der Waals surface area contributed by atoms with Crippen LogP contribution < -0.4 is 4.31 Å². The molecule has 0 aliphatic heterocycles. The predicted octanol–water partition coefficient (Wildman–Crippen LogP) is 1.46. The van der Waals surface area contributed by atoms with E-state index in [1.165, 1.54) is 11.2 Å². The second-order valence-electron chi connectivity index (χ2n) is 4.10. The smallest absolute Gasteiger partial charge is 0.362 e. The number of aliphatic hydroxyl groups excluding tert-OH is 1. The molecule has 1 unspecified atom stereocenters. The minimum atomic E-state index is -3.86. The van der Waals surface area contributed by atoms with Gasteiger partial charge in [0, 0.05) is 6.54 Å². The standard InChI is InChI=1S/C12H19NO4S/c1-4-13(12-7-5-6-10(2)8-12)18(15,16)17-9-11(3)14/h5-8,11,14H,4,9H2,1-3H3. The predicted molar refractivity (Wildman–Crippen MR) is 70.8 cm³/mol. The minimum absolute atomic E-state index is 0.245. The van der Waals surface area contributed by atoms with Crippen LogP contribution in [0.5, 0.6) is 0 Å². The lowest BCUT2D eigenvalue weighted by atomic mass is 10.2. The summed E-state index contributed by atoms with van der Waals surface area (Å²) in [6.45, 7) is 5.11. The quantitative estimate of drug-likeness (QED) is 0.852. The number of hydrogen-bond donors (Lipinski definition) is 1. The minimum Gasteiger partial charge on any atom is -0.391 e. The van der Waals surface area contributed by atoms with Crippen LogP contribution in [-0.4, -0.2) is 32.8 Å². The van der Waals surface area contributed by atoms with Gasteiger partial charge in [-0.25, -0.2) is 4.31 Å². The van der Waals surface area contributed by atoms with Crippen LogP contribution in [0, 0.1) is 6.92 Å². The summed E-state index contributed by atoms with van der Waals surface area (Å²) in [5.74, 6) is 0. The van der Waals surface area contributed by atoms with Crippen molar-refractivity contribution in [2.75, 3.05) is 17.5 Å². The van der Waals surface area contributed by atoms with E-state index in [2.05, 4.69) is 0 Å². The molecule has 18 heavy (non-hydrogen) atoms. The van der Waals surface area contributed by atoms with E-state index in [1.54, 1.807) is 25.1 Å². The topological polar surface area (TPSA) is 66.8 Å². The number of rotatable bonds is 6. The molecule has 0 bridgehead atoms. The van der Waals surface area contributed by atoms with E-state index in [1.807, 2.05) is 13.0 Å². The Hall–Kier alpha value is -1.11. The summed E-state index contributed by atoms with van der Waals surface area (Å²) in [6.07, 6.45) is -0.823. The van der Waals surface area contributed by atoms with Gasteiger partial charge in [-0.3, -0.25) is 4.18 Å². The van der Waals surface area contributed by atoms with E-state index in [0.717, 1.165) is 5.56 Å². The first-order valence-corrected chi connectivity index (χ1v) is 7.15. The zero-order chi connectivity index (χ0) is 13.8. The second kappa shape index (κ2) is 6.17. The molecule has 0 radical (unpaired) electrons. The van der Waals surface area contributed by atoms with E-state index < -0.39 is 16.4 Å². The van der Waals surface area contributed by atoms with Crippen LogP contribution >= 0.6 is 0 Å². The van der Waals surface area contributed by atoms with Gasteiger partial charge in [-0.15, -0.1) is 0 Å². The zero-order valence-electron chi connectivity index (χ0n) is 10.8. The van der Waals surface area contributed by atoms with E-state index in [9.17, 15) is 8.42 Å². The van der Waals surface area contributed by atoms with Crippen LogP contribution in [0.25, 0.3) is 0 Å². The Morgan fingerprint density at radius 2 is 2.11 bits per heavy atom. The molecule has 6 heteroatoms. The average molecular weight is 273 g/mol. The molecule has 1 aromatic rings. The summed E-state index contributed by atoms with van der Waals surface area (Å²) in [5, 5.41) is 9.08. The van der Waals surface area contributed by atoms with Crippen molar-refractivity contribution in [3.8, 4) is 0 Å². The number of benzene rings is 1. The van der Waals surface area contributed by atoms with Crippen molar-refractivity contribution in [2.24, 2.45) is 0 Å². The number of hydrogen-bond acceptors (Lipinski definition) is 4. The molecule has 1 N–H and O–H groups in total. The Balaban J connectivity index is 2.95. The van der Waals surface area contributed by atoms with Crippen LogP contribution in [0.3, 0.4) is 0 Å². The van der Waals surface area contributed by atoms with Crippen molar-refractivity contribution >= 4 is 16.0 Å². The van der Waals surface area contributed by atoms with Crippen LogP contribution in [0.15, 0.2) is 24.3 Å². The van der Waals surface area contributed by atoms with Crippen LogP contribution in [0.1, 0.15) is 19.4 Å². The molecule has 0 aliphatic rings. The first-order valence-electron chi connectivity index (χ1n) is 5.78. The van der Waals surface area contributed by atoms with Crippen molar-refractivity contribution in [3.63, 3.8) is 0 Å². The molecule has 0 aliphatic carbocycles. The van der Waals surface area contributed by atoms with E-state index in [0.29, 0.717) is 5.69 Å². The lowest BCUT2D eigenvalue weighted by Crippen LogP contribution is -2.34. The maximum absolute atomic E-state index is 12.0. The van der Waals surface area contributed by atoms with E-state index >= 15 is 0 Å². The van der Waals surface area contributed by atoms with Crippen molar-refractivity contribution in [1.82, 2.24) is 0 Å². The lowest BCUT2D eigenvalue weighted by molar-refractivity contribution is 0.125. The fourth-order valence-corrected chi connectivity index (χ4v) is 2.69. The van der Waals surface area contributed by atoms with E-state index in [4.69, 9.17) is 9.29 Å². The molecule has 0 fully saturated rings. The molecule has 0 aromatic heterocycles. The molecule has 1 rings (SSSR count). The fourth-order valence-electron chi connectivity index (χ4n) is 1.50. The van der Waals surface area contributed by atoms with Crippen LogP contribution in [-0.2, 0) is 14.5 Å². The highest BCUT2D eigenvalue weighted by Gasteiger charge is 2.22. The maximum atomic E-state index is 12.0.